The summed E-state index contributed by atoms with van der Waals surface area (Å²) in [6, 6.07) is 12.4. The van der Waals surface area contributed by atoms with Crippen LogP contribution >= 0.6 is 0 Å². The SMILES string of the molecule is Cc1cccc(COc2cc(C#CCCO)ccc2F)c1. The molecule has 0 aliphatic carbocycles. The summed E-state index contributed by atoms with van der Waals surface area (Å²) in [6.45, 7) is 2.33. The van der Waals surface area contributed by atoms with Crippen LogP contribution in [0.3, 0.4) is 0 Å². The van der Waals surface area contributed by atoms with Gasteiger partial charge in [0.25, 0.3) is 0 Å². The van der Waals surface area contributed by atoms with Gasteiger partial charge in [-0.25, -0.2) is 4.39 Å². The number of aliphatic hydroxyl groups is 1. The first-order valence-corrected chi connectivity index (χ1v) is 6.76. The molecule has 108 valence electrons. The average Bonchev–Trinajstić information content (AvgIpc) is 2.48. The number of hydrogen-bond acceptors (Lipinski definition) is 2. The Balaban J connectivity index is 2.09. The van der Waals surface area contributed by atoms with Gasteiger partial charge < -0.3 is 9.84 Å². The van der Waals surface area contributed by atoms with Crippen molar-refractivity contribution in [3.8, 4) is 17.6 Å². The number of hydrogen-bond donors (Lipinski definition) is 1. The van der Waals surface area contributed by atoms with Crippen LogP contribution in [0.15, 0.2) is 42.5 Å². The van der Waals surface area contributed by atoms with E-state index in [1.807, 2.05) is 31.2 Å². The van der Waals surface area contributed by atoms with Gasteiger partial charge in [-0.2, -0.15) is 0 Å². The summed E-state index contributed by atoms with van der Waals surface area (Å²) in [7, 11) is 0. The fourth-order valence-electron chi connectivity index (χ4n) is 1.88. The highest BCUT2D eigenvalue weighted by atomic mass is 19.1. The first-order chi connectivity index (χ1) is 10.2. The Morgan fingerprint density at radius 3 is 2.81 bits per heavy atom. The molecule has 3 heteroatoms. The molecule has 0 heterocycles. The lowest BCUT2D eigenvalue weighted by Crippen LogP contribution is -1.98. The quantitative estimate of drug-likeness (QED) is 0.871. The monoisotopic (exact) mass is 284 g/mol. The Morgan fingerprint density at radius 1 is 1.19 bits per heavy atom. The molecular weight excluding hydrogens is 267 g/mol. The Labute approximate surface area is 124 Å². The number of aryl methyl sites for hydroxylation is 1. The Bertz CT molecular complexity index is 668. The number of aliphatic hydroxyl groups excluding tert-OH is 1. The number of halogens is 1. The third-order valence-corrected chi connectivity index (χ3v) is 2.88. The summed E-state index contributed by atoms with van der Waals surface area (Å²) < 4.78 is 19.3. The Morgan fingerprint density at radius 2 is 2.05 bits per heavy atom. The van der Waals surface area contributed by atoms with E-state index in [2.05, 4.69) is 11.8 Å². The maximum absolute atomic E-state index is 13.7. The fraction of sp³-hybridized carbons (Fsp3) is 0.222. The van der Waals surface area contributed by atoms with E-state index in [9.17, 15) is 4.39 Å². The summed E-state index contributed by atoms with van der Waals surface area (Å²) in [5.74, 6) is 5.45. The maximum Gasteiger partial charge on any atom is 0.165 e. The van der Waals surface area contributed by atoms with Gasteiger partial charge in [0, 0.05) is 12.0 Å². The van der Waals surface area contributed by atoms with Crippen LogP contribution in [0, 0.1) is 24.6 Å². The third kappa shape index (κ3) is 4.62. The highest BCUT2D eigenvalue weighted by molar-refractivity contribution is 5.40. The van der Waals surface area contributed by atoms with Gasteiger partial charge >= 0.3 is 0 Å². The van der Waals surface area contributed by atoms with E-state index in [4.69, 9.17) is 9.84 Å². The number of rotatable bonds is 4. The van der Waals surface area contributed by atoms with Crippen LogP contribution in [-0.2, 0) is 6.61 Å². The molecule has 0 fully saturated rings. The van der Waals surface area contributed by atoms with Crippen molar-refractivity contribution in [3.05, 3.63) is 65.0 Å². The molecule has 0 aliphatic rings. The largest absolute Gasteiger partial charge is 0.486 e. The minimum atomic E-state index is -0.407. The van der Waals surface area contributed by atoms with Crippen LogP contribution in [-0.4, -0.2) is 11.7 Å². The zero-order chi connectivity index (χ0) is 15.1. The van der Waals surface area contributed by atoms with Crippen LogP contribution < -0.4 is 4.74 Å². The van der Waals surface area contributed by atoms with Gasteiger partial charge in [-0.1, -0.05) is 41.7 Å². The van der Waals surface area contributed by atoms with Crippen molar-refractivity contribution in [1.82, 2.24) is 0 Å². The minimum Gasteiger partial charge on any atom is -0.486 e. The molecule has 2 nitrogen and oxygen atoms in total. The van der Waals surface area contributed by atoms with E-state index in [0.717, 1.165) is 11.1 Å². The van der Waals surface area contributed by atoms with Crippen molar-refractivity contribution in [2.75, 3.05) is 6.61 Å². The van der Waals surface area contributed by atoms with Gasteiger partial charge in [-0.05, 0) is 30.7 Å². The van der Waals surface area contributed by atoms with Crippen LogP contribution in [0.4, 0.5) is 4.39 Å². The summed E-state index contributed by atoms with van der Waals surface area (Å²) in [5, 5.41) is 8.69. The number of ether oxygens (including phenoxy) is 1. The lowest BCUT2D eigenvalue weighted by atomic mass is 10.1. The molecule has 2 rings (SSSR count). The molecule has 0 aromatic heterocycles. The molecule has 0 radical (unpaired) electrons. The summed E-state index contributed by atoms with van der Waals surface area (Å²) >= 11 is 0. The van der Waals surface area contributed by atoms with Gasteiger partial charge in [0.15, 0.2) is 11.6 Å². The zero-order valence-electron chi connectivity index (χ0n) is 11.9. The van der Waals surface area contributed by atoms with Gasteiger partial charge in [-0.15, -0.1) is 0 Å². The van der Waals surface area contributed by atoms with E-state index in [-0.39, 0.29) is 12.4 Å². The molecule has 0 saturated heterocycles. The van der Waals surface area contributed by atoms with Crippen LogP contribution in [0.1, 0.15) is 23.1 Å². The topological polar surface area (TPSA) is 29.5 Å². The molecule has 1 N–H and O–H groups in total. The van der Waals surface area contributed by atoms with E-state index in [1.54, 1.807) is 12.1 Å². The normalized spacial score (nSPS) is 9.86. The summed E-state index contributed by atoms with van der Waals surface area (Å²) in [5.41, 5.74) is 2.80. The Hall–Kier alpha value is -2.31. The molecular formula is C18H17FO2. The van der Waals surface area contributed by atoms with E-state index >= 15 is 0 Å². The second-order valence-corrected chi connectivity index (χ2v) is 4.70. The van der Waals surface area contributed by atoms with Crippen LogP contribution in [0.5, 0.6) is 5.75 Å². The number of benzene rings is 2. The first kappa shape index (κ1) is 15.1. The molecule has 0 bridgehead atoms. The highest BCUT2D eigenvalue weighted by Gasteiger charge is 2.04. The van der Waals surface area contributed by atoms with Gasteiger partial charge in [-0.3, -0.25) is 0 Å². The van der Waals surface area contributed by atoms with E-state index in [1.165, 1.54) is 6.07 Å². The van der Waals surface area contributed by atoms with Gasteiger partial charge in [0.05, 0.1) is 6.61 Å². The van der Waals surface area contributed by atoms with Gasteiger partial charge in [0.2, 0.25) is 0 Å². The van der Waals surface area contributed by atoms with Gasteiger partial charge in [0.1, 0.15) is 6.61 Å². The molecule has 0 atom stereocenters. The van der Waals surface area contributed by atoms with Crippen molar-refractivity contribution in [2.24, 2.45) is 0 Å². The molecule has 2 aromatic rings. The Kier molecular flexibility index (Phi) is 5.36. The summed E-state index contributed by atoms with van der Waals surface area (Å²) in [4.78, 5) is 0. The molecule has 0 aliphatic heterocycles. The molecule has 21 heavy (non-hydrogen) atoms. The molecule has 0 saturated carbocycles. The van der Waals surface area contributed by atoms with Crippen molar-refractivity contribution in [1.29, 1.82) is 0 Å². The van der Waals surface area contributed by atoms with Crippen LogP contribution in [0.25, 0.3) is 0 Å². The lowest BCUT2D eigenvalue weighted by Gasteiger charge is -2.08. The second kappa shape index (κ2) is 7.47. The predicted molar refractivity (Wildman–Crippen MR) is 80.5 cm³/mol. The summed E-state index contributed by atoms with van der Waals surface area (Å²) in [6.07, 6.45) is 0.400. The van der Waals surface area contributed by atoms with E-state index < -0.39 is 5.82 Å². The van der Waals surface area contributed by atoms with E-state index in [0.29, 0.717) is 18.6 Å². The average molecular weight is 284 g/mol. The van der Waals surface area contributed by atoms with Crippen molar-refractivity contribution in [3.63, 3.8) is 0 Å². The van der Waals surface area contributed by atoms with Crippen molar-refractivity contribution >= 4 is 0 Å². The lowest BCUT2D eigenvalue weighted by molar-refractivity contribution is 0.290. The van der Waals surface area contributed by atoms with Crippen LogP contribution in [0.2, 0.25) is 0 Å². The first-order valence-electron chi connectivity index (χ1n) is 6.76. The van der Waals surface area contributed by atoms with Crippen molar-refractivity contribution in [2.45, 2.75) is 20.0 Å². The molecule has 0 spiro atoms. The maximum atomic E-state index is 13.7. The molecule has 0 amide bonds. The standard InChI is InChI=1S/C18H17FO2/c1-14-5-4-7-16(11-14)13-21-18-12-15(6-2-3-10-20)8-9-17(18)19/h4-5,7-9,11-12,20H,3,10,13H2,1H3. The second-order valence-electron chi connectivity index (χ2n) is 4.70. The molecule has 0 unspecified atom stereocenters. The fourth-order valence-corrected chi connectivity index (χ4v) is 1.88. The minimum absolute atomic E-state index is 0.0188. The zero-order valence-corrected chi connectivity index (χ0v) is 11.9. The predicted octanol–water partition coefficient (Wildman–Crippen LogP) is 3.45. The smallest absolute Gasteiger partial charge is 0.165 e. The highest BCUT2D eigenvalue weighted by Crippen LogP contribution is 2.20. The third-order valence-electron chi connectivity index (χ3n) is 2.88. The van der Waals surface area contributed by atoms with Crippen molar-refractivity contribution < 1.29 is 14.2 Å². The molecule has 2 aromatic carbocycles.